The molecule has 7 nitrogen and oxygen atoms in total. The highest BCUT2D eigenvalue weighted by Gasteiger charge is 2.27. The lowest BCUT2D eigenvalue weighted by Crippen LogP contribution is -2.38. The quantitative estimate of drug-likeness (QED) is 0.870. The molecule has 0 aliphatic rings. The second-order valence-electron chi connectivity index (χ2n) is 5.71. The Morgan fingerprint density at radius 1 is 1.36 bits per heavy atom. The molecule has 0 aliphatic carbocycles. The molecule has 0 saturated carbocycles. The van der Waals surface area contributed by atoms with Gasteiger partial charge in [-0.2, -0.15) is 5.10 Å². The molecule has 0 unspecified atom stereocenters. The predicted octanol–water partition coefficient (Wildman–Crippen LogP) is 1.42. The summed E-state index contributed by atoms with van der Waals surface area (Å²) >= 11 is 0. The Labute approximate surface area is 128 Å². The summed E-state index contributed by atoms with van der Waals surface area (Å²) in [5.41, 5.74) is 1.17. The van der Waals surface area contributed by atoms with Crippen molar-refractivity contribution in [1.82, 2.24) is 20.1 Å². The van der Waals surface area contributed by atoms with E-state index in [1.54, 1.807) is 43.1 Å². The van der Waals surface area contributed by atoms with Gasteiger partial charge in [0.15, 0.2) is 0 Å². The van der Waals surface area contributed by atoms with E-state index in [1.165, 1.54) is 6.33 Å². The Morgan fingerprint density at radius 2 is 2.09 bits per heavy atom. The van der Waals surface area contributed by atoms with E-state index in [0.29, 0.717) is 5.56 Å². The van der Waals surface area contributed by atoms with Crippen molar-refractivity contribution < 1.29 is 14.7 Å². The van der Waals surface area contributed by atoms with Crippen molar-refractivity contribution in [2.24, 2.45) is 5.41 Å². The summed E-state index contributed by atoms with van der Waals surface area (Å²) in [5, 5.41) is 15.7. The molecule has 22 heavy (non-hydrogen) atoms. The molecule has 1 amide bonds. The molecule has 2 aromatic rings. The monoisotopic (exact) mass is 302 g/mol. The van der Waals surface area contributed by atoms with Crippen molar-refractivity contribution in [3.8, 4) is 5.69 Å². The zero-order valence-electron chi connectivity index (χ0n) is 12.7. The fourth-order valence-corrected chi connectivity index (χ4v) is 1.87. The van der Waals surface area contributed by atoms with Crippen molar-refractivity contribution >= 4 is 11.9 Å². The van der Waals surface area contributed by atoms with Crippen LogP contribution in [0, 0.1) is 12.3 Å². The number of hydrogen-bond acceptors (Lipinski definition) is 4. The van der Waals surface area contributed by atoms with Crippen LogP contribution in [0.1, 0.15) is 29.8 Å². The average Bonchev–Trinajstić information content (AvgIpc) is 2.98. The first-order valence-corrected chi connectivity index (χ1v) is 6.78. The number of carboxylic acid groups (broad SMARTS) is 1. The topological polar surface area (TPSA) is 97.1 Å². The normalized spacial score (nSPS) is 11.2. The summed E-state index contributed by atoms with van der Waals surface area (Å²) in [7, 11) is 0. The van der Waals surface area contributed by atoms with Crippen molar-refractivity contribution in [3.63, 3.8) is 0 Å². The zero-order chi connectivity index (χ0) is 16.3. The molecule has 116 valence electrons. The highest BCUT2D eigenvalue weighted by atomic mass is 16.4. The second-order valence-corrected chi connectivity index (χ2v) is 5.71. The van der Waals surface area contributed by atoms with Gasteiger partial charge in [0, 0.05) is 12.1 Å². The Bertz CT molecular complexity index is 693. The molecule has 0 atom stereocenters. The summed E-state index contributed by atoms with van der Waals surface area (Å²) in [6.07, 6.45) is 3.02. The van der Waals surface area contributed by atoms with Crippen LogP contribution in [0.3, 0.4) is 0 Å². The number of carboxylic acids is 1. The maximum atomic E-state index is 12.1. The molecule has 1 aromatic heterocycles. The van der Waals surface area contributed by atoms with Gasteiger partial charge in [-0.15, -0.1) is 0 Å². The summed E-state index contributed by atoms with van der Waals surface area (Å²) in [6.45, 7) is 5.06. The van der Waals surface area contributed by atoms with Crippen LogP contribution in [-0.4, -0.2) is 38.3 Å². The van der Waals surface area contributed by atoms with Crippen molar-refractivity contribution in [2.45, 2.75) is 20.8 Å². The summed E-state index contributed by atoms with van der Waals surface area (Å²) in [6, 6.07) is 5.19. The standard InChI is InChI=1S/C15H18N4O3/c1-10-6-11(4-5-12(10)19-9-16-8-18-19)13(20)17-7-15(2,3)14(21)22/h4-6,8-9H,7H2,1-3H3,(H,17,20)(H,21,22). The van der Waals surface area contributed by atoms with Gasteiger partial charge in [0.2, 0.25) is 0 Å². The van der Waals surface area contributed by atoms with Crippen molar-refractivity contribution in [2.75, 3.05) is 6.54 Å². The average molecular weight is 302 g/mol. The van der Waals surface area contributed by atoms with Crippen LogP contribution in [0.4, 0.5) is 0 Å². The van der Waals surface area contributed by atoms with Gasteiger partial charge in [0.1, 0.15) is 12.7 Å². The maximum absolute atomic E-state index is 12.1. The van der Waals surface area contributed by atoms with E-state index in [-0.39, 0.29) is 12.5 Å². The first-order chi connectivity index (χ1) is 10.3. The van der Waals surface area contributed by atoms with Gasteiger partial charge in [-0.05, 0) is 44.5 Å². The predicted molar refractivity (Wildman–Crippen MR) is 79.8 cm³/mol. The van der Waals surface area contributed by atoms with Crippen molar-refractivity contribution in [3.05, 3.63) is 42.0 Å². The molecule has 0 fully saturated rings. The number of amides is 1. The number of aryl methyl sites for hydroxylation is 1. The number of aliphatic carboxylic acids is 1. The first kappa shape index (κ1) is 15.7. The second kappa shape index (κ2) is 5.97. The minimum atomic E-state index is -1.01. The first-order valence-electron chi connectivity index (χ1n) is 6.78. The zero-order valence-corrected chi connectivity index (χ0v) is 12.7. The molecular weight excluding hydrogens is 284 g/mol. The van der Waals surface area contributed by atoms with Crippen LogP contribution in [0.2, 0.25) is 0 Å². The summed E-state index contributed by atoms with van der Waals surface area (Å²) in [5.74, 6) is -1.26. The number of carbonyl (C=O) groups excluding carboxylic acids is 1. The highest BCUT2D eigenvalue weighted by Crippen LogP contribution is 2.16. The fraction of sp³-hybridized carbons (Fsp3) is 0.333. The van der Waals surface area contributed by atoms with Gasteiger partial charge in [-0.3, -0.25) is 9.59 Å². The lowest BCUT2D eigenvalue weighted by Gasteiger charge is -2.19. The maximum Gasteiger partial charge on any atom is 0.310 e. The van der Waals surface area contributed by atoms with Gasteiger partial charge in [-0.1, -0.05) is 0 Å². The van der Waals surface area contributed by atoms with Gasteiger partial charge in [-0.25, -0.2) is 9.67 Å². The number of rotatable bonds is 5. The van der Waals surface area contributed by atoms with E-state index >= 15 is 0 Å². The molecule has 0 spiro atoms. The minimum Gasteiger partial charge on any atom is -0.481 e. The Morgan fingerprint density at radius 3 is 2.64 bits per heavy atom. The third kappa shape index (κ3) is 3.30. The highest BCUT2D eigenvalue weighted by molar-refractivity contribution is 5.95. The van der Waals surface area contributed by atoms with Gasteiger partial charge >= 0.3 is 5.97 Å². The molecule has 1 heterocycles. The van der Waals surface area contributed by atoms with Crippen LogP contribution >= 0.6 is 0 Å². The smallest absolute Gasteiger partial charge is 0.310 e. The lowest BCUT2D eigenvalue weighted by atomic mass is 9.94. The Balaban J connectivity index is 2.12. The molecule has 7 heteroatoms. The van der Waals surface area contributed by atoms with Crippen molar-refractivity contribution in [1.29, 1.82) is 0 Å². The Hall–Kier alpha value is -2.70. The number of hydrogen-bond donors (Lipinski definition) is 2. The van der Waals surface area contributed by atoms with Crippen LogP contribution in [-0.2, 0) is 4.79 Å². The third-order valence-corrected chi connectivity index (χ3v) is 3.39. The molecule has 0 radical (unpaired) electrons. The van der Waals surface area contributed by atoms with E-state index in [2.05, 4.69) is 15.4 Å². The fourth-order valence-electron chi connectivity index (χ4n) is 1.87. The number of carbonyl (C=O) groups is 2. The van der Waals surface area contributed by atoms with Gasteiger partial charge in [0.25, 0.3) is 5.91 Å². The summed E-state index contributed by atoms with van der Waals surface area (Å²) in [4.78, 5) is 27.0. The molecule has 1 aromatic carbocycles. The molecule has 0 aliphatic heterocycles. The number of nitrogens with one attached hydrogen (secondary N) is 1. The van der Waals surface area contributed by atoms with E-state index in [4.69, 9.17) is 5.11 Å². The molecule has 2 N–H and O–H groups in total. The lowest BCUT2D eigenvalue weighted by molar-refractivity contribution is -0.146. The van der Waals surface area contributed by atoms with E-state index in [1.807, 2.05) is 6.92 Å². The van der Waals surface area contributed by atoms with E-state index < -0.39 is 11.4 Å². The largest absolute Gasteiger partial charge is 0.481 e. The van der Waals surface area contributed by atoms with Crippen LogP contribution in [0.5, 0.6) is 0 Å². The van der Waals surface area contributed by atoms with Crippen LogP contribution in [0.25, 0.3) is 5.69 Å². The minimum absolute atomic E-state index is 0.0606. The molecule has 0 saturated heterocycles. The number of nitrogens with zero attached hydrogens (tertiary/aromatic N) is 3. The SMILES string of the molecule is Cc1cc(C(=O)NCC(C)(C)C(=O)O)ccc1-n1cncn1. The van der Waals surface area contributed by atoms with Crippen LogP contribution < -0.4 is 5.32 Å². The number of aromatic nitrogens is 3. The summed E-state index contributed by atoms with van der Waals surface area (Å²) < 4.78 is 1.62. The van der Waals surface area contributed by atoms with Crippen LogP contribution in [0.15, 0.2) is 30.9 Å². The molecule has 2 rings (SSSR count). The van der Waals surface area contributed by atoms with Gasteiger partial charge in [0.05, 0.1) is 11.1 Å². The van der Waals surface area contributed by atoms with E-state index in [9.17, 15) is 9.59 Å². The molecular formula is C15H18N4O3. The third-order valence-electron chi connectivity index (χ3n) is 3.39. The number of benzene rings is 1. The van der Waals surface area contributed by atoms with Gasteiger partial charge < -0.3 is 10.4 Å². The molecule has 0 bridgehead atoms. The van der Waals surface area contributed by atoms with E-state index in [0.717, 1.165) is 11.3 Å². The Kier molecular flexibility index (Phi) is 4.25.